The number of benzene rings is 4. The Morgan fingerprint density at radius 3 is 2.31 bits per heavy atom. The fourth-order valence-electron chi connectivity index (χ4n) is 6.47. The van der Waals surface area contributed by atoms with Crippen LogP contribution in [0.4, 0.5) is 4.79 Å². The lowest BCUT2D eigenvalue weighted by Crippen LogP contribution is -2.52. The lowest BCUT2D eigenvalue weighted by atomic mass is 9.83. The second kappa shape index (κ2) is 14.0. The predicted molar refractivity (Wildman–Crippen MR) is 174 cm³/mol. The molecule has 2 bridgehead atoms. The molecule has 4 aromatic carbocycles. The summed E-state index contributed by atoms with van der Waals surface area (Å²) in [5, 5.41) is 4.26. The van der Waals surface area contributed by atoms with Crippen LogP contribution in [0.1, 0.15) is 62.6 Å². The van der Waals surface area contributed by atoms with E-state index in [1.54, 1.807) is 0 Å². The van der Waals surface area contributed by atoms with Crippen molar-refractivity contribution in [2.75, 3.05) is 13.2 Å². The summed E-state index contributed by atoms with van der Waals surface area (Å²) >= 11 is 0. The van der Waals surface area contributed by atoms with Crippen molar-refractivity contribution in [3.8, 4) is 5.75 Å². The van der Waals surface area contributed by atoms with Crippen LogP contribution in [0.3, 0.4) is 0 Å². The monoisotopic (exact) mass is 609 g/mol. The highest BCUT2D eigenvalue weighted by molar-refractivity contribution is 5.82. The van der Waals surface area contributed by atoms with Crippen molar-refractivity contribution in [1.82, 2.24) is 5.06 Å². The number of fused-ring (bicyclic) bond motifs is 3. The molecule has 0 saturated carbocycles. The molecule has 2 aliphatic rings. The van der Waals surface area contributed by atoms with E-state index in [0.717, 1.165) is 36.1 Å². The summed E-state index contributed by atoms with van der Waals surface area (Å²) in [6.07, 6.45) is 1.84. The van der Waals surface area contributed by atoms with Crippen LogP contribution in [0.2, 0.25) is 0 Å². The van der Waals surface area contributed by atoms with Gasteiger partial charge >= 0.3 is 6.16 Å². The number of hydrogen-bond donors (Lipinski definition) is 0. The van der Waals surface area contributed by atoms with Crippen LogP contribution >= 0.6 is 0 Å². The largest absolute Gasteiger partial charge is 0.528 e. The van der Waals surface area contributed by atoms with Crippen LogP contribution in [0, 0.1) is 0 Å². The number of carbonyl (C=O) groups excluding carboxylic acids is 1. The fourth-order valence-corrected chi connectivity index (χ4v) is 6.47. The van der Waals surface area contributed by atoms with Gasteiger partial charge in [-0.25, -0.2) is 4.79 Å². The summed E-state index contributed by atoms with van der Waals surface area (Å²) in [4.78, 5) is 18.6. The van der Waals surface area contributed by atoms with E-state index in [0.29, 0.717) is 26.4 Å². The highest BCUT2D eigenvalue weighted by atomic mass is 16.8. The van der Waals surface area contributed by atoms with Gasteiger partial charge in [0.1, 0.15) is 18.0 Å². The zero-order valence-corrected chi connectivity index (χ0v) is 26.4. The van der Waals surface area contributed by atoms with E-state index in [9.17, 15) is 4.79 Å². The van der Waals surface area contributed by atoms with Gasteiger partial charge in [-0.3, -0.25) is 0 Å². The molecule has 0 N–H and O–H groups in total. The van der Waals surface area contributed by atoms with Crippen LogP contribution in [0.25, 0.3) is 10.8 Å². The minimum atomic E-state index is -0.662. The van der Waals surface area contributed by atoms with Gasteiger partial charge in [0.2, 0.25) is 0 Å². The molecule has 4 atom stereocenters. The predicted octanol–water partition coefficient (Wildman–Crippen LogP) is 8.21. The maximum atomic E-state index is 12.7. The van der Waals surface area contributed by atoms with Gasteiger partial charge in [-0.15, -0.1) is 5.06 Å². The van der Waals surface area contributed by atoms with Gasteiger partial charge in [0.25, 0.3) is 0 Å². The Labute approximate surface area is 265 Å². The van der Waals surface area contributed by atoms with Crippen molar-refractivity contribution in [2.24, 2.45) is 0 Å². The third-order valence-corrected chi connectivity index (χ3v) is 8.53. The average molecular weight is 610 g/mol. The average Bonchev–Trinajstić information content (AvgIpc) is 3.30. The Morgan fingerprint density at radius 2 is 1.53 bits per heavy atom. The van der Waals surface area contributed by atoms with Crippen molar-refractivity contribution >= 4 is 16.9 Å². The topological polar surface area (TPSA) is 66.5 Å². The SMILES string of the molecule is CC(C)(C)OC(=O)ON1C2CCC1C(OCc1ccc3ccccc3c1)C(c1ccc(COCCOc3ccccc3)cc1)C2. The van der Waals surface area contributed by atoms with Gasteiger partial charge in [0.05, 0.1) is 32.0 Å². The van der Waals surface area contributed by atoms with Gasteiger partial charge in [-0.05, 0) is 85.7 Å². The quantitative estimate of drug-likeness (QED) is 0.125. The van der Waals surface area contributed by atoms with Crippen molar-refractivity contribution in [3.63, 3.8) is 0 Å². The van der Waals surface area contributed by atoms with Gasteiger partial charge in [0.15, 0.2) is 0 Å². The zero-order valence-electron chi connectivity index (χ0n) is 26.4. The smallest absolute Gasteiger partial charge is 0.491 e. The van der Waals surface area contributed by atoms with Gasteiger partial charge in [0, 0.05) is 12.0 Å². The summed E-state index contributed by atoms with van der Waals surface area (Å²) in [5.74, 6) is 1.01. The molecule has 4 aromatic rings. The molecule has 45 heavy (non-hydrogen) atoms. The molecule has 6 rings (SSSR count). The molecular weight excluding hydrogens is 566 g/mol. The molecular formula is C38H43NO6. The van der Waals surface area contributed by atoms with Crippen molar-refractivity contribution in [3.05, 3.63) is 114 Å². The molecule has 0 aromatic heterocycles. The Bertz CT molecular complexity index is 1550. The van der Waals surface area contributed by atoms with Crippen LogP contribution in [-0.2, 0) is 32.3 Å². The second-order valence-corrected chi connectivity index (χ2v) is 13.0. The highest BCUT2D eigenvalue weighted by Gasteiger charge is 2.51. The van der Waals surface area contributed by atoms with Gasteiger partial charge < -0.3 is 23.8 Å². The third kappa shape index (κ3) is 8.03. The maximum absolute atomic E-state index is 12.7. The second-order valence-electron chi connectivity index (χ2n) is 13.0. The standard InChI is InChI=1S/C38H43NO6/c1-38(2,3)44-37(40)45-39-32-19-20-35(39)36(43-26-28-15-16-29-9-7-8-10-31(29)23-28)34(24-32)30-17-13-27(14-18-30)25-41-21-22-42-33-11-5-4-6-12-33/h4-18,23,32,34-36H,19-22,24-26H2,1-3H3. The Hall–Kier alpha value is -3.91. The summed E-state index contributed by atoms with van der Waals surface area (Å²) in [6, 6.07) is 33.3. The van der Waals surface area contributed by atoms with Crippen LogP contribution in [0.15, 0.2) is 97.1 Å². The summed E-state index contributed by atoms with van der Waals surface area (Å²) in [5.41, 5.74) is 2.83. The first-order valence-corrected chi connectivity index (χ1v) is 16.0. The van der Waals surface area contributed by atoms with Crippen LogP contribution in [0.5, 0.6) is 5.75 Å². The summed E-state index contributed by atoms with van der Waals surface area (Å²) < 4.78 is 23.9. The van der Waals surface area contributed by atoms with Gasteiger partial charge in [-0.1, -0.05) is 78.9 Å². The number of carbonyl (C=O) groups is 1. The van der Waals surface area contributed by atoms with E-state index in [1.165, 1.54) is 16.3 Å². The minimum Gasteiger partial charge on any atom is -0.491 e. The highest BCUT2D eigenvalue weighted by Crippen LogP contribution is 2.45. The number of nitrogens with zero attached hydrogens (tertiary/aromatic N) is 1. The van der Waals surface area contributed by atoms with Crippen molar-refractivity contribution in [1.29, 1.82) is 0 Å². The number of para-hydroxylation sites is 1. The molecule has 0 spiro atoms. The minimum absolute atomic E-state index is 0.0608. The summed E-state index contributed by atoms with van der Waals surface area (Å²) in [7, 11) is 0. The van der Waals surface area contributed by atoms with Crippen molar-refractivity contribution < 1.29 is 28.6 Å². The third-order valence-electron chi connectivity index (χ3n) is 8.53. The number of piperidine rings is 1. The molecule has 236 valence electrons. The van der Waals surface area contributed by atoms with Crippen molar-refractivity contribution in [2.45, 2.75) is 83.0 Å². The Balaban J connectivity index is 1.13. The number of hydroxylamine groups is 2. The lowest BCUT2D eigenvalue weighted by Gasteiger charge is -2.43. The molecule has 2 heterocycles. The zero-order chi connectivity index (χ0) is 31.2. The van der Waals surface area contributed by atoms with E-state index in [-0.39, 0.29) is 24.1 Å². The molecule has 0 aliphatic carbocycles. The molecule has 0 amide bonds. The van der Waals surface area contributed by atoms with E-state index in [4.69, 9.17) is 23.8 Å². The Kier molecular flexibility index (Phi) is 9.69. The van der Waals surface area contributed by atoms with E-state index < -0.39 is 11.8 Å². The molecule has 2 saturated heterocycles. The maximum Gasteiger partial charge on any atom is 0.528 e. The Morgan fingerprint density at radius 1 is 0.800 bits per heavy atom. The fraction of sp³-hybridized carbons (Fsp3) is 0.395. The molecule has 7 heteroatoms. The van der Waals surface area contributed by atoms with Crippen LogP contribution in [-0.4, -0.2) is 48.2 Å². The number of ether oxygens (including phenoxy) is 4. The van der Waals surface area contributed by atoms with Crippen LogP contribution < -0.4 is 4.74 Å². The molecule has 0 radical (unpaired) electrons. The van der Waals surface area contributed by atoms with E-state index in [2.05, 4.69) is 66.7 Å². The first-order chi connectivity index (χ1) is 21.8. The molecule has 2 aliphatic heterocycles. The first kappa shape index (κ1) is 31.1. The van der Waals surface area contributed by atoms with E-state index >= 15 is 0 Å². The van der Waals surface area contributed by atoms with Gasteiger partial charge in [-0.2, -0.15) is 0 Å². The lowest BCUT2D eigenvalue weighted by molar-refractivity contribution is -0.215. The molecule has 7 nitrogen and oxygen atoms in total. The number of rotatable bonds is 11. The summed E-state index contributed by atoms with van der Waals surface area (Å²) in [6.45, 7) is 7.55. The van der Waals surface area contributed by atoms with E-state index in [1.807, 2.05) is 56.2 Å². The molecule has 4 unspecified atom stereocenters. The molecule has 2 fully saturated rings. The normalized spacial score (nSPS) is 21.5. The number of hydrogen-bond acceptors (Lipinski definition) is 7. The first-order valence-electron chi connectivity index (χ1n) is 16.0.